The molecule has 2 heterocycles. The molecule has 0 unspecified atom stereocenters. The van der Waals surface area contributed by atoms with Gasteiger partial charge in [-0.05, 0) is 49.7 Å². The van der Waals surface area contributed by atoms with Crippen molar-refractivity contribution in [3.63, 3.8) is 0 Å². The lowest BCUT2D eigenvalue weighted by Crippen LogP contribution is -2.49. The Kier molecular flexibility index (Phi) is 6.09. The van der Waals surface area contributed by atoms with E-state index in [9.17, 15) is 14.3 Å². The molecular formula is C25H28FN3O2. The first-order chi connectivity index (χ1) is 15.0. The predicted octanol–water partition coefficient (Wildman–Crippen LogP) is 3.93. The van der Waals surface area contributed by atoms with E-state index in [0.717, 1.165) is 43.1 Å². The molecule has 0 aliphatic carbocycles. The van der Waals surface area contributed by atoms with Crippen LogP contribution in [-0.4, -0.2) is 40.8 Å². The molecule has 0 amide bonds. The molecule has 0 radical (unpaired) electrons. The average molecular weight is 422 g/mol. The number of aryl methyl sites for hydroxylation is 1. The van der Waals surface area contributed by atoms with Crippen LogP contribution in [-0.2, 0) is 6.54 Å². The van der Waals surface area contributed by atoms with Crippen molar-refractivity contribution in [3.8, 4) is 5.75 Å². The van der Waals surface area contributed by atoms with Crippen molar-refractivity contribution < 1.29 is 9.50 Å². The second kappa shape index (κ2) is 8.94. The molecule has 162 valence electrons. The molecule has 1 atom stereocenters. The van der Waals surface area contributed by atoms with E-state index in [-0.39, 0.29) is 23.2 Å². The van der Waals surface area contributed by atoms with Crippen LogP contribution >= 0.6 is 0 Å². The smallest absolute Gasteiger partial charge is 0.259 e. The highest BCUT2D eigenvalue weighted by Gasteiger charge is 2.31. The highest BCUT2D eigenvalue weighted by molar-refractivity contribution is 5.47. The number of piperazine rings is 1. The molecule has 3 aromatic rings. The lowest BCUT2D eigenvalue weighted by molar-refractivity contribution is 0.207. The molecule has 0 saturated carbocycles. The standard InChI is InChI=1S/C25H28FN3O2/c1-3-29-18(2)17-22(30)23(25(29)31)24(19-7-5-4-6-8-19)28-15-13-27(14-16-28)21-11-9-20(26)10-12-21/h4-12,17,24,30H,3,13-16H2,1-2H3/t24-/m0/s1. The predicted molar refractivity (Wildman–Crippen MR) is 121 cm³/mol. The Hall–Kier alpha value is -3.12. The largest absolute Gasteiger partial charge is 0.507 e. The Bertz CT molecular complexity index is 1090. The number of pyridine rings is 1. The van der Waals surface area contributed by atoms with E-state index < -0.39 is 0 Å². The summed E-state index contributed by atoms with van der Waals surface area (Å²) in [5, 5.41) is 10.8. The van der Waals surface area contributed by atoms with Gasteiger partial charge in [0.15, 0.2) is 0 Å². The Morgan fingerprint density at radius 3 is 2.26 bits per heavy atom. The van der Waals surface area contributed by atoms with Gasteiger partial charge in [-0.3, -0.25) is 9.69 Å². The van der Waals surface area contributed by atoms with Gasteiger partial charge in [0.1, 0.15) is 11.6 Å². The van der Waals surface area contributed by atoms with E-state index in [4.69, 9.17) is 0 Å². The van der Waals surface area contributed by atoms with Crippen LogP contribution in [0.25, 0.3) is 0 Å². The Balaban J connectivity index is 1.69. The number of hydrogen-bond donors (Lipinski definition) is 1. The maximum atomic E-state index is 13.3. The van der Waals surface area contributed by atoms with Crippen LogP contribution < -0.4 is 10.5 Å². The molecule has 1 aliphatic rings. The molecule has 1 saturated heterocycles. The number of nitrogens with zero attached hydrogens (tertiary/aromatic N) is 3. The van der Waals surface area contributed by atoms with Gasteiger partial charge in [0.2, 0.25) is 0 Å². The third kappa shape index (κ3) is 4.21. The zero-order valence-electron chi connectivity index (χ0n) is 18.0. The number of hydrogen-bond acceptors (Lipinski definition) is 4. The highest BCUT2D eigenvalue weighted by atomic mass is 19.1. The number of halogens is 1. The van der Waals surface area contributed by atoms with Crippen molar-refractivity contribution in [1.29, 1.82) is 0 Å². The number of aromatic nitrogens is 1. The van der Waals surface area contributed by atoms with Gasteiger partial charge in [-0.1, -0.05) is 30.3 Å². The Labute approximate surface area is 182 Å². The van der Waals surface area contributed by atoms with Crippen LogP contribution in [0, 0.1) is 12.7 Å². The van der Waals surface area contributed by atoms with Gasteiger partial charge in [0, 0.05) is 44.1 Å². The van der Waals surface area contributed by atoms with Gasteiger partial charge in [0.05, 0.1) is 11.6 Å². The first kappa shape index (κ1) is 21.1. The van der Waals surface area contributed by atoms with Crippen LogP contribution in [0.3, 0.4) is 0 Å². The van der Waals surface area contributed by atoms with Crippen LogP contribution in [0.5, 0.6) is 5.75 Å². The number of rotatable bonds is 5. The second-order valence-electron chi connectivity index (χ2n) is 7.95. The van der Waals surface area contributed by atoms with Gasteiger partial charge < -0.3 is 14.6 Å². The molecule has 5 nitrogen and oxygen atoms in total. The summed E-state index contributed by atoms with van der Waals surface area (Å²) in [4.78, 5) is 17.8. The summed E-state index contributed by atoms with van der Waals surface area (Å²) in [7, 11) is 0. The number of anilines is 1. The fraction of sp³-hybridized carbons (Fsp3) is 0.320. The van der Waals surface area contributed by atoms with Crippen molar-refractivity contribution in [2.45, 2.75) is 26.4 Å². The minimum Gasteiger partial charge on any atom is -0.507 e. The van der Waals surface area contributed by atoms with Crippen LogP contribution in [0.2, 0.25) is 0 Å². The van der Waals surface area contributed by atoms with Crippen molar-refractivity contribution in [3.05, 3.63) is 93.7 Å². The van der Waals surface area contributed by atoms with Crippen LogP contribution in [0.1, 0.15) is 29.8 Å². The van der Waals surface area contributed by atoms with Crippen molar-refractivity contribution >= 4 is 5.69 Å². The first-order valence-electron chi connectivity index (χ1n) is 10.7. The summed E-state index contributed by atoms with van der Waals surface area (Å²) in [6, 6.07) is 17.8. The van der Waals surface area contributed by atoms with Crippen molar-refractivity contribution in [2.24, 2.45) is 0 Å². The molecular weight excluding hydrogens is 393 g/mol. The van der Waals surface area contributed by atoms with Gasteiger partial charge in [-0.25, -0.2) is 4.39 Å². The third-order valence-electron chi connectivity index (χ3n) is 6.10. The lowest BCUT2D eigenvalue weighted by atomic mass is 9.96. The minimum absolute atomic E-state index is 0.0435. The van der Waals surface area contributed by atoms with E-state index in [0.29, 0.717) is 12.1 Å². The summed E-state index contributed by atoms with van der Waals surface area (Å²) in [5.41, 5.74) is 3.01. The molecule has 4 rings (SSSR count). The topological polar surface area (TPSA) is 48.7 Å². The molecule has 6 heteroatoms. The zero-order valence-corrected chi connectivity index (χ0v) is 18.0. The summed E-state index contributed by atoms with van der Waals surface area (Å²) >= 11 is 0. The normalized spacial score (nSPS) is 15.8. The second-order valence-corrected chi connectivity index (χ2v) is 7.95. The lowest BCUT2D eigenvalue weighted by Gasteiger charge is -2.40. The monoisotopic (exact) mass is 421 g/mol. The van der Waals surface area contributed by atoms with Gasteiger partial charge in [-0.15, -0.1) is 0 Å². The van der Waals surface area contributed by atoms with Gasteiger partial charge in [0.25, 0.3) is 5.56 Å². The molecule has 31 heavy (non-hydrogen) atoms. The fourth-order valence-corrected chi connectivity index (χ4v) is 4.50. The number of benzene rings is 2. The minimum atomic E-state index is -0.331. The molecule has 0 bridgehead atoms. The molecule has 1 aromatic heterocycles. The molecule has 1 N–H and O–H groups in total. The van der Waals surface area contributed by atoms with Gasteiger partial charge in [-0.2, -0.15) is 0 Å². The van der Waals surface area contributed by atoms with E-state index in [1.807, 2.05) is 44.2 Å². The van der Waals surface area contributed by atoms with Gasteiger partial charge >= 0.3 is 0 Å². The third-order valence-corrected chi connectivity index (χ3v) is 6.10. The highest BCUT2D eigenvalue weighted by Crippen LogP contribution is 2.33. The van der Waals surface area contributed by atoms with E-state index in [1.165, 1.54) is 12.1 Å². The summed E-state index contributed by atoms with van der Waals surface area (Å²) in [6.45, 7) is 7.28. The van der Waals surface area contributed by atoms with E-state index >= 15 is 0 Å². The summed E-state index contributed by atoms with van der Waals surface area (Å²) in [5.74, 6) is -0.199. The van der Waals surface area contributed by atoms with E-state index in [2.05, 4.69) is 9.80 Å². The maximum absolute atomic E-state index is 13.3. The quantitative estimate of drug-likeness (QED) is 0.678. The molecule has 1 aliphatic heterocycles. The summed E-state index contributed by atoms with van der Waals surface area (Å²) < 4.78 is 15.0. The van der Waals surface area contributed by atoms with Crippen molar-refractivity contribution in [1.82, 2.24) is 9.47 Å². The Morgan fingerprint density at radius 1 is 1.00 bits per heavy atom. The van der Waals surface area contributed by atoms with Crippen LogP contribution in [0.4, 0.5) is 10.1 Å². The molecule has 2 aromatic carbocycles. The maximum Gasteiger partial charge on any atom is 0.259 e. The molecule has 1 fully saturated rings. The SMILES string of the molecule is CCn1c(C)cc(O)c([C@H](c2ccccc2)N2CCN(c3ccc(F)cc3)CC2)c1=O. The van der Waals surface area contributed by atoms with E-state index in [1.54, 1.807) is 22.8 Å². The first-order valence-corrected chi connectivity index (χ1v) is 10.7. The van der Waals surface area contributed by atoms with Crippen molar-refractivity contribution in [2.75, 3.05) is 31.1 Å². The fourth-order valence-electron chi connectivity index (χ4n) is 4.50. The average Bonchev–Trinajstić information content (AvgIpc) is 2.78. The Morgan fingerprint density at radius 2 is 1.65 bits per heavy atom. The molecule has 0 spiro atoms. The van der Waals surface area contributed by atoms with Crippen LogP contribution in [0.15, 0.2) is 65.5 Å². The summed E-state index contributed by atoms with van der Waals surface area (Å²) in [6.07, 6.45) is 0. The zero-order chi connectivity index (χ0) is 22.0. The number of aromatic hydroxyl groups is 1.